The van der Waals surface area contributed by atoms with Gasteiger partial charge in [0.1, 0.15) is 5.60 Å². The van der Waals surface area contributed by atoms with Crippen molar-refractivity contribution >= 4 is 11.9 Å². The Balaban J connectivity index is 1.83. The van der Waals surface area contributed by atoms with Gasteiger partial charge >= 0.3 is 5.97 Å². The van der Waals surface area contributed by atoms with Crippen LogP contribution in [0, 0.1) is 34.0 Å². The van der Waals surface area contributed by atoms with E-state index < -0.39 is 33.7 Å². The molecule has 2 spiro atoms. The number of aliphatic hydroxyl groups excluding tert-OH is 1. The zero-order valence-electron chi connectivity index (χ0n) is 20.8. The lowest BCUT2D eigenvalue weighted by Gasteiger charge is -2.68. The zero-order chi connectivity index (χ0) is 25.2. The predicted octanol–water partition coefficient (Wildman–Crippen LogP) is 0.709. The third kappa shape index (κ3) is 2.72. The molecule has 0 aromatic rings. The van der Waals surface area contributed by atoms with E-state index in [0.717, 1.165) is 18.4 Å². The van der Waals surface area contributed by atoms with Crippen molar-refractivity contribution in [1.29, 1.82) is 0 Å². The highest BCUT2D eigenvalue weighted by Crippen LogP contribution is 2.82. The minimum Gasteiger partial charge on any atom is -0.478 e. The van der Waals surface area contributed by atoms with E-state index in [9.17, 15) is 20.1 Å². The molecule has 5 aliphatic rings. The number of methoxy groups -OCH3 is 1. The normalized spacial score (nSPS) is 43.5. The van der Waals surface area contributed by atoms with Crippen LogP contribution in [0.4, 0.5) is 0 Å². The van der Waals surface area contributed by atoms with Crippen molar-refractivity contribution in [3.63, 3.8) is 0 Å². The molecule has 192 valence electrons. The number of nitrogens with one attached hydrogen (secondary N) is 1. The number of aliphatic imine (C=N–C) groups is 1. The Morgan fingerprint density at radius 3 is 2.80 bits per heavy atom. The number of allylic oxidation sites excluding steroid dienone is 1. The zero-order valence-corrected chi connectivity index (χ0v) is 20.8. The summed E-state index contributed by atoms with van der Waals surface area (Å²) in [6, 6.07) is 0. The fourth-order valence-electron chi connectivity index (χ4n) is 9.12. The van der Waals surface area contributed by atoms with Gasteiger partial charge in [-0.3, -0.25) is 4.99 Å². The fourth-order valence-corrected chi connectivity index (χ4v) is 9.12. The van der Waals surface area contributed by atoms with Gasteiger partial charge in [-0.1, -0.05) is 25.2 Å². The highest BCUT2D eigenvalue weighted by molar-refractivity contribution is 5.92. The summed E-state index contributed by atoms with van der Waals surface area (Å²) in [4.78, 5) is 19.0. The molecule has 0 radical (unpaired) electrons. The molecule has 4 aliphatic carbocycles. The van der Waals surface area contributed by atoms with Crippen LogP contribution in [0.5, 0.6) is 0 Å². The molecular formula is C26H38N4O5. The standard InChI is InChI=1S/C26H38N4O5/c1-16-4-5-17-12-18-20(21(32)33)24(34,15-35-3)19-6-7-23(13-29-9-11-31)8-10-30(22(27)28-2)14-25(17,23)26(16,18)19/h6-8,10,16-17,19,29,31,34H,4-5,9,11-15H2,1-3H3,(H2,27,28)(H,32,33)/t16-,17-,19-,23-,24+,25-,26+/m1/s1. The maximum absolute atomic E-state index is 12.8. The second kappa shape index (κ2) is 8.16. The number of aliphatic hydroxyl groups is 2. The van der Waals surface area contributed by atoms with Gasteiger partial charge in [0.2, 0.25) is 0 Å². The first-order chi connectivity index (χ1) is 16.7. The summed E-state index contributed by atoms with van der Waals surface area (Å²) in [5, 5.41) is 35.5. The van der Waals surface area contributed by atoms with Crippen molar-refractivity contribution < 1.29 is 24.9 Å². The van der Waals surface area contributed by atoms with E-state index in [0.29, 0.717) is 32.0 Å². The number of ether oxygens (including phenoxy) is 1. The molecule has 1 heterocycles. The number of rotatable bonds is 7. The number of hydrogen-bond acceptors (Lipinski definition) is 6. The third-order valence-corrected chi connectivity index (χ3v) is 10.0. The number of carboxylic acids is 1. The summed E-state index contributed by atoms with van der Waals surface area (Å²) in [7, 11) is 3.18. The van der Waals surface area contributed by atoms with Crippen molar-refractivity contribution in [1.82, 2.24) is 10.2 Å². The van der Waals surface area contributed by atoms with E-state index in [1.54, 1.807) is 7.05 Å². The van der Waals surface area contributed by atoms with Crippen molar-refractivity contribution in [3.8, 4) is 0 Å². The second-order valence-electron chi connectivity index (χ2n) is 11.0. The van der Waals surface area contributed by atoms with E-state index in [1.807, 2.05) is 11.1 Å². The Labute approximate surface area is 206 Å². The molecule has 6 N–H and O–H groups in total. The molecule has 0 unspecified atom stereocenters. The van der Waals surface area contributed by atoms with Crippen LogP contribution in [0.25, 0.3) is 0 Å². The number of carboxylic acid groups (broad SMARTS) is 1. The van der Waals surface area contributed by atoms with Crippen LogP contribution in [-0.2, 0) is 9.53 Å². The van der Waals surface area contributed by atoms with E-state index in [2.05, 4.69) is 35.5 Å². The van der Waals surface area contributed by atoms with Crippen LogP contribution < -0.4 is 11.1 Å². The summed E-state index contributed by atoms with van der Waals surface area (Å²) in [5.74, 6) is -0.696. The van der Waals surface area contributed by atoms with Crippen LogP contribution >= 0.6 is 0 Å². The minimum atomic E-state index is -1.61. The number of guanidine groups is 1. The van der Waals surface area contributed by atoms with Gasteiger partial charge in [0.25, 0.3) is 0 Å². The molecule has 2 saturated carbocycles. The van der Waals surface area contributed by atoms with Crippen molar-refractivity contribution in [2.45, 2.75) is 31.8 Å². The van der Waals surface area contributed by atoms with Gasteiger partial charge in [0.15, 0.2) is 5.96 Å². The Kier molecular flexibility index (Phi) is 5.71. The lowest BCUT2D eigenvalue weighted by molar-refractivity contribution is -0.173. The Hall–Kier alpha value is -2.20. The summed E-state index contributed by atoms with van der Waals surface area (Å²) in [6.45, 7) is 3.84. The van der Waals surface area contributed by atoms with Crippen molar-refractivity contribution in [2.75, 3.05) is 47.0 Å². The SMILES string of the molecule is CN=C(N)N1C=C[C@@]2(CNCCO)C=C[C@H]3[C@@]45C(=C(C(=O)O)[C@]3(O)COC)C[C@@H](CC[C@H]4C)[C@]25C1. The highest BCUT2D eigenvalue weighted by atomic mass is 16.5. The minimum absolute atomic E-state index is 0.0353. The van der Waals surface area contributed by atoms with Gasteiger partial charge < -0.3 is 36.0 Å². The number of aliphatic carboxylic acids is 1. The number of nitrogens with zero attached hydrogens (tertiary/aromatic N) is 2. The summed E-state index contributed by atoms with van der Waals surface area (Å²) in [5.41, 5.74) is 4.32. The Morgan fingerprint density at radius 1 is 1.37 bits per heavy atom. The average Bonchev–Trinajstić information content (AvgIpc) is 3.17. The molecule has 0 aromatic heterocycles. The van der Waals surface area contributed by atoms with Crippen LogP contribution in [-0.4, -0.2) is 84.8 Å². The second-order valence-corrected chi connectivity index (χ2v) is 11.0. The first kappa shape index (κ1) is 24.5. The first-order valence-corrected chi connectivity index (χ1v) is 12.6. The van der Waals surface area contributed by atoms with Crippen molar-refractivity contribution in [2.24, 2.45) is 44.7 Å². The predicted molar refractivity (Wildman–Crippen MR) is 131 cm³/mol. The summed E-state index contributed by atoms with van der Waals surface area (Å²) in [6.07, 6.45) is 11.0. The molecule has 0 amide bonds. The Morgan fingerprint density at radius 2 is 2.14 bits per heavy atom. The lowest BCUT2D eigenvalue weighted by Crippen LogP contribution is -2.70. The first-order valence-electron chi connectivity index (χ1n) is 12.6. The lowest BCUT2D eigenvalue weighted by atomic mass is 9.37. The third-order valence-electron chi connectivity index (χ3n) is 10.0. The molecule has 0 aromatic carbocycles. The monoisotopic (exact) mass is 486 g/mol. The van der Waals surface area contributed by atoms with E-state index in [4.69, 9.17) is 10.5 Å². The molecule has 5 rings (SSSR count). The number of hydrogen-bond donors (Lipinski definition) is 5. The van der Waals surface area contributed by atoms with Gasteiger partial charge in [-0.15, -0.1) is 0 Å². The van der Waals surface area contributed by atoms with Gasteiger partial charge in [0.05, 0.1) is 18.8 Å². The smallest absolute Gasteiger partial charge is 0.334 e. The molecule has 2 fully saturated rings. The van der Waals surface area contributed by atoms with Gasteiger partial charge in [-0.25, -0.2) is 4.79 Å². The molecule has 7 atom stereocenters. The molecular weight excluding hydrogens is 448 g/mol. The van der Waals surface area contributed by atoms with E-state index >= 15 is 0 Å². The van der Waals surface area contributed by atoms with Gasteiger partial charge in [-0.05, 0) is 36.7 Å². The van der Waals surface area contributed by atoms with Crippen molar-refractivity contribution in [3.05, 3.63) is 35.6 Å². The fraction of sp³-hybridized carbons (Fsp3) is 0.692. The average molecular weight is 487 g/mol. The molecule has 2 bridgehead atoms. The topological polar surface area (TPSA) is 141 Å². The van der Waals surface area contributed by atoms with E-state index in [1.165, 1.54) is 7.11 Å². The van der Waals surface area contributed by atoms with Crippen LogP contribution in [0.15, 0.2) is 40.6 Å². The molecule has 35 heavy (non-hydrogen) atoms. The number of carbonyl (C=O) groups is 1. The van der Waals surface area contributed by atoms with Gasteiger partial charge in [0, 0.05) is 62.2 Å². The van der Waals surface area contributed by atoms with Crippen LogP contribution in [0.2, 0.25) is 0 Å². The molecule has 0 saturated heterocycles. The molecule has 9 heteroatoms. The molecule has 1 aliphatic heterocycles. The Bertz CT molecular complexity index is 1040. The summed E-state index contributed by atoms with van der Waals surface area (Å²) >= 11 is 0. The highest BCUT2D eigenvalue weighted by Gasteiger charge is 2.82. The van der Waals surface area contributed by atoms with E-state index in [-0.39, 0.29) is 30.6 Å². The molecule has 9 nitrogen and oxygen atoms in total. The maximum Gasteiger partial charge on any atom is 0.334 e. The quantitative estimate of drug-likeness (QED) is 0.153. The van der Waals surface area contributed by atoms with Gasteiger partial charge in [-0.2, -0.15) is 0 Å². The van der Waals surface area contributed by atoms with Crippen LogP contribution in [0.3, 0.4) is 0 Å². The maximum atomic E-state index is 12.8. The van der Waals surface area contributed by atoms with Crippen LogP contribution in [0.1, 0.15) is 26.2 Å². The largest absolute Gasteiger partial charge is 0.478 e. The number of nitrogens with two attached hydrogens (primary N) is 1. The summed E-state index contributed by atoms with van der Waals surface area (Å²) < 4.78 is 5.47.